The molecule has 3 aliphatic carbocycles. The standard InChI is InChI=1S/C14H21NO/c16-14(13-8-11-7-12(11)9-13)15-6-5-10-3-1-2-4-10/h3,11-13H,1-2,4-9H2,(H,15,16). The molecule has 2 atom stereocenters. The number of hydrogen-bond donors (Lipinski definition) is 1. The fourth-order valence-electron chi connectivity index (χ4n) is 3.38. The molecule has 0 aromatic carbocycles. The summed E-state index contributed by atoms with van der Waals surface area (Å²) < 4.78 is 0. The van der Waals surface area contributed by atoms with Gasteiger partial charge in [-0.1, -0.05) is 11.6 Å². The number of amides is 1. The first kappa shape index (κ1) is 10.4. The molecule has 0 saturated heterocycles. The van der Waals surface area contributed by atoms with Gasteiger partial charge < -0.3 is 5.32 Å². The molecular formula is C14H21NO. The van der Waals surface area contributed by atoms with E-state index in [1.54, 1.807) is 5.57 Å². The first-order chi connectivity index (χ1) is 7.83. The van der Waals surface area contributed by atoms with E-state index >= 15 is 0 Å². The summed E-state index contributed by atoms with van der Waals surface area (Å²) in [4.78, 5) is 11.9. The Morgan fingerprint density at radius 3 is 2.81 bits per heavy atom. The van der Waals surface area contributed by atoms with E-state index in [1.165, 1.54) is 38.5 Å². The van der Waals surface area contributed by atoms with E-state index in [0.29, 0.717) is 11.8 Å². The SMILES string of the molecule is O=C(NCCC1=CCCC1)C1CC2CC2C1. The highest BCUT2D eigenvalue weighted by Crippen LogP contribution is 2.54. The molecule has 2 fully saturated rings. The van der Waals surface area contributed by atoms with Gasteiger partial charge in [-0.05, 0) is 56.8 Å². The molecule has 0 aromatic heterocycles. The highest BCUT2D eigenvalue weighted by Gasteiger charge is 2.47. The summed E-state index contributed by atoms with van der Waals surface area (Å²) in [7, 11) is 0. The molecule has 0 aromatic rings. The van der Waals surface area contributed by atoms with Crippen LogP contribution in [-0.4, -0.2) is 12.5 Å². The molecule has 1 N–H and O–H groups in total. The fraction of sp³-hybridized carbons (Fsp3) is 0.786. The van der Waals surface area contributed by atoms with Gasteiger partial charge >= 0.3 is 0 Å². The van der Waals surface area contributed by atoms with Crippen molar-refractivity contribution in [1.29, 1.82) is 0 Å². The predicted molar refractivity (Wildman–Crippen MR) is 63.9 cm³/mol. The van der Waals surface area contributed by atoms with Crippen molar-refractivity contribution < 1.29 is 4.79 Å². The number of rotatable bonds is 4. The van der Waals surface area contributed by atoms with Crippen LogP contribution in [0.2, 0.25) is 0 Å². The van der Waals surface area contributed by atoms with Crippen LogP contribution < -0.4 is 5.32 Å². The molecule has 2 heteroatoms. The van der Waals surface area contributed by atoms with Crippen molar-refractivity contribution in [3.63, 3.8) is 0 Å². The molecule has 3 rings (SSSR count). The number of nitrogens with one attached hydrogen (secondary N) is 1. The first-order valence-corrected chi connectivity index (χ1v) is 6.78. The summed E-state index contributed by atoms with van der Waals surface area (Å²) in [6.07, 6.45) is 11.0. The van der Waals surface area contributed by atoms with Crippen molar-refractivity contribution in [1.82, 2.24) is 5.32 Å². The lowest BCUT2D eigenvalue weighted by Gasteiger charge is -2.12. The Morgan fingerprint density at radius 2 is 2.12 bits per heavy atom. The van der Waals surface area contributed by atoms with Gasteiger partial charge in [-0.15, -0.1) is 0 Å². The van der Waals surface area contributed by atoms with Crippen LogP contribution in [0.1, 0.15) is 44.9 Å². The molecule has 0 heterocycles. The monoisotopic (exact) mass is 219 g/mol. The fourth-order valence-corrected chi connectivity index (χ4v) is 3.38. The molecule has 0 radical (unpaired) electrons. The van der Waals surface area contributed by atoms with Crippen molar-refractivity contribution >= 4 is 5.91 Å². The van der Waals surface area contributed by atoms with Gasteiger partial charge in [0, 0.05) is 12.5 Å². The van der Waals surface area contributed by atoms with Gasteiger partial charge in [0.05, 0.1) is 0 Å². The highest BCUT2D eigenvalue weighted by atomic mass is 16.1. The zero-order chi connectivity index (χ0) is 11.0. The van der Waals surface area contributed by atoms with Gasteiger partial charge in [0.25, 0.3) is 0 Å². The van der Waals surface area contributed by atoms with Crippen molar-refractivity contribution in [3.8, 4) is 0 Å². The molecule has 2 saturated carbocycles. The summed E-state index contributed by atoms with van der Waals surface area (Å²) in [5.41, 5.74) is 1.55. The molecule has 0 bridgehead atoms. The maximum atomic E-state index is 11.9. The Bertz CT molecular complexity index is 311. The Labute approximate surface area is 97.5 Å². The minimum atomic E-state index is 0.325. The predicted octanol–water partition coefficient (Wildman–Crippen LogP) is 2.65. The van der Waals surface area contributed by atoms with Crippen LogP contribution in [0, 0.1) is 17.8 Å². The number of carbonyl (C=O) groups excluding carboxylic acids is 1. The summed E-state index contributed by atoms with van der Waals surface area (Å²) >= 11 is 0. The maximum absolute atomic E-state index is 11.9. The van der Waals surface area contributed by atoms with E-state index in [2.05, 4.69) is 11.4 Å². The summed E-state index contributed by atoms with van der Waals surface area (Å²) in [5.74, 6) is 2.49. The van der Waals surface area contributed by atoms with Gasteiger partial charge in [-0.25, -0.2) is 0 Å². The second-order valence-corrected chi connectivity index (χ2v) is 5.72. The van der Waals surface area contributed by atoms with Crippen LogP contribution in [0.3, 0.4) is 0 Å². The van der Waals surface area contributed by atoms with E-state index in [-0.39, 0.29) is 0 Å². The Hall–Kier alpha value is -0.790. The Morgan fingerprint density at radius 1 is 1.31 bits per heavy atom. The van der Waals surface area contributed by atoms with E-state index < -0.39 is 0 Å². The lowest BCUT2D eigenvalue weighted by Crippen LogP contribution is -2.30. The third kappa shape index (κ3) is 2.16. The third-order valence-corrected chi connectivity index (χ3v) is 4.49. The van der Waals surface area contributed by atoms with Gasteiger partial charge in [0.2, 0.25) is 5.91 Å². The molecular weight excluding hydrogens is 198 g/mol. The summed E-state index contributed by atoms with van der Waals surface area (Å²) in [6.45, 7) is 0.858. The Balaban J connectivity index is 1.36. The van der Waals surface area contributed by atoms with Gasteiger partial charge in [0.15, 0.2) is 0 Å². The highest BCUT2D eigenvalue weighted by molar-refractivity contribution is 5.79. The smallest absolute Gasteiger partial charge is 0.223 e. The van der Waals surface area contributed by atoms with Gasteiger partial charge in [0.1, 0.15) is 0 Å². The first-order valence-electron chi connectivity index (χ1n) is 6.78. The molecule has 3 aliphatic rings. The third-order valence-electron chi connectivity index (χ3n) is 4.49. The lowest BCUT2D eigenvalue weighted by atomic mass is 10.0. The zero-order valence-electron chi connectivity index (χ0n) is 9.87. The van der Waals surface area contributed by atoms with Gasteiger partial charge in [-0.3, -0.25) is 4.79 Å². The molecule has 2 unspecified atom stereocenters. The number of allylic oxidation sites excluding steroid dienone is 1. The molecule has 2 nitrogen and oxygen atoms in total. The van der Waals surface area contributed by atoms with E-state index in [0.717, 1.165) is 24.8 Å². The second kappa shape index (κ2) is 4.23. The largest absolute Gasteiger partial charge is 0.356 e. The van der Waals surface area contributed by atoms with E-state index in [9.17, 15) is 4.79 Å². The topological polar surface area (TPSA) is 29.1 Å². The Kier molecular flexibility index (Phi) is 2.74. The molecule has 88 valence electrons. The number of hydrogen-bond acceptors (Lipinski definition) is 1. The van der Waals surface area contributed by atoms with Crippen molar-refractivity contribution in [2.24, 2.45) is 17.8 Å². The van der Waals surface area contributed by atoms with Crippen LogP contribution in [0.15, 0.2) is 11.6 Å². The second-order valence-electron chi connectivity index (χ2n) is 5.72. The lowest BCUT2D eigenvalue weighted by molar-refractivity contribution is -0.125. The van der Waals surface area contributed by atoms with Crippen LogP contribution >= 0.6 is 0 Å². The van der Waals surface area contributed by atoms with E-state index in [1.807, 2.05) is 0 Å². The van der Waals surface area contributed by atoms with Crippen LogP contribution in [0.25, 0.3) is 0 Å². The summed E-state index contributed by atoms with van der Waals surface area (Å²) in [5, 5.41) is 3.11. The van der Waals surface area contributed by atoms with Crippen molar-refractivity contribution in [2.45, 2.75) is 44.9 Å². The minimum Gasteiger partial charge on any atom is -0.356 e. The van der Waals surface area contributed by atoms with Gasteiger partial charge in [-0.2, -0.15) is 0 Å². The van der Waals surface area contributed by atoms with Crippen LogP contribution in [0.4, 0.5) is 0 Å². The molecule has 16 heavy (non-hydrogen) atoms. The quantitative estimate of drug-likeness (QED) is 0.724. The average Bonchev–Trinajstić information content (AvgIpc) is 2.72. The van der Waals surface area contributed by atoms with E-state index in [4.69, 9.17) is 0 Å². The number of fused-ring (bicyclic) bond motifs is 1. The van der Waals surface area contributed by atoms with Crippen LogP contribution in [0.5, 0.6) is 0 Å². The molecule has 0 aliphatic heterocycles. The summed E-state index contributed by atoms with van der Waals surface area (Å²) in [6, 6.07) is 0. The van der Waals surface area contributed by atoms with Crippen LogP contribution in [-0.2, 0) is 4.79 Å². The maximum Gasteiger partial charge on any atom is 0.223 e. The normalized spacial score (nSPS) is 35.8. The molecule has 1 amide bonds. The molecule has 0 spiro atoms. The number of carbonyl (C=O) groups is 1. The van der Waals surface area contributed by atoms with Crippen molar-refractivity contribution in [3.05, 3.63) is 11.6 Å². The average molecular weight is 219 g/mol. The minimum absolute atomic E-state index is 0.325. The van der Waals surface area contributed by atoms with Crippen molar-refractivity contribution in [2.75, 3.05) is 6.54 Å². The zero-order valence-corrected chi connectivity index (χ0v) is 9.87.